The molecule has 0 fully saturated rings. The number of hydrogen-bond donors (Lipinski definition) is 0. The van der Waals surface area contributed by atoms with E-state index in [-0.39, 0.29) is 0 Å². The Kier molecular flexibility index (Phi) is 7.60. The molecule has 1 heterocycles. The van der Waals surface area contributed by atoms with E-state index in [1.807, 2.05) is 35.6 Å². The van der Waals surface area contributed by atoms with Crippen molar-refractivity contribution in [3.8, 4) is 33.8 Å². The van der Waals surface area contributed by atoms with Gasteiger partial charge in [-0.2, -0.15) is 0 Å². The summed E-state index contributed by atoms with van der Waals surface area (Å²) in [4.78, 5) is 13.6. The summed E-state index contributed by atoms with van der Waals surface area (Å²) in [6.45, 7) is 7.62. The summed E-state index contributed by atoms with van der Waals surface area (Å²) in [5.74, 6) is 0.914. The van der Waals surface area contributed by atoms with Crippen LogP contribution in [0.3, 0.4) is 0 Å². The number of carbonyl (C=O) groups is 1. The van der Waals surface area contributed by atoms with Gasteiger partial charge in [0.2, 0.25) is 0 Å². The van der Waals surface area contributed by atoms with E-state index < -0.39 is 5.97 Å². The van der Waals surface area contributed by atoms with Crippen LogP contribution in [-0.4, -0.2) is 13.1 Å². The van der Waals surface area contributed by atoms with Crippen molar-refractivity contribution in [1.29, 1.82) is 0 Å². The smallest absolute Gasteiger partial charge is 0.338 e. The van der Waals surface area contributed by atoms with E-state index in [9.17, 15) is 4.79 Å². The number of benzene rings is 6. The Morgan fingerprint density at radius 2 is 1.24 bits per heavy atom. The predicted molar refractivity (Wildman–Crippen MR) is 191 cm³/mol. The molecule has 45 heavy (non-hydrogen) atoms. The molecule has 222 valence electrons. The second-order valence-electron chi connectivity index (χ2n) is 11.7. The highest BCUT2D eigenvalue weighted by atomic mass is 32.1. The molecule has 0 saturated carbocycles. The molecule has 6 aromatic carbocycles. The molecule has 0 aliphatic rings. The van der Waals surface area contributed by atoms with Gasteiger partial charge >= 0.3 is 5.97 Å². The van der Waals surface area contributed by atoms with Gasteiger partial charge in [-0.25, -0.2) is 4.79 Å². The van der Waals surface area contributed by atoms with E-state index in [1.54, 1.807) is 14.0 Å². The minimum absolute atomic E-state index is 0.371. The van der Waals surface area contributed by atoms with Crippen molar-refractivity contribution < 1.29 is 14.3 Å². The zero-order chi connectivity index (χ0) is 31.1. The number of rotatable bonds is 8. The Hall–Kier alpha value is -4.93. The van der Waals surface area contributed by atoms with Gasteiger partial charge in [-0.1, -0.05) is 68.5 Å². The highest BCUT2D eigenvalue weighted by molar-refractivity contribution is 7.19. The van der Waals surface area contributed by atoms with Gasteiger partial charge < -0.3 is 9.47 Å². The van der Waals surface area contributed by atoms with Crippen LogP contribution < -0.4 is 9.47 Å². The molecule has 4 heteroatoms. The molecule has 0 bridgehead atoms. The Balaban J connectivity index is 1.57. The first-order valence-corrected chi connectivity index (χ1v) is 16.2. The van der Waals surface area contributed by atoms with E-state index in [0.717, 1.165) is 23.3 Å². The van der Waals surface area contributed by atoms with Gasteiger partial charge in [0.15, 0.2) is 0 Å². The third-order valence-electron chi connectivity index (χ3n) is 8.53. The minimum Gasteiger partial charge on any atom is -0.497 e. The summed E-state index contributed by atoms with van der Waals surface area (Å²) in [5, 5.41) is 8.45. The van der Waals surface area contributed by atoms with Crippen molar-refractivity contribution in [1.82, 2.24) is 0 Å². The molecule has 0 N–H and O–H groups in total. The summed E-state index contributed by atoms with van der Waals surface area (Å²) in [6, 6.07) is 36.6. The molecular weight excluding hydrogens is 573 g/mol. The third-order valence-corrected chi connectivity index (χ3v) is 9.69. The summed E-state index contributed by atoms with van der Waals surface area (Å²) >= 11 is 1.91. The molecule has 3 nitrogen and oxygen atoms in total. The molecule has 0 saturated heterocycles. The number of hydrogen-bond acceptors (Lipinski definition) is 4. The van der Waals surface area contributed by atoms with Crippen LogP contribution in [0.2, 0.25) is 0 Å². The first-order valence-electron chi connectivity index (χ1n) is 15.4. The lowest BCUT2D eigenvalue weighted by Crippen LogP contribution is -2.07. The lowest BCUT2D eigenvalue weighted by atomic mass is 9.84. The molecule has 1 aromatic heterocycles. The van der Waals surface area contributed by atoms with Crippen molar-refractivity contribution in [2.24, 2.45) is 0 Å². The van der Waals surface area contributed by atoms with Gasteiger partial charge in [0.25, 0.3) is 0 Å². The number of carbonyl (C=O) groups excluding carboxylic acids is 1. The molecule has 0 aliphatic heterocycles. The lowest BCUT2D eigenvalue weighted by molar-refractivity contribution is -0.130. The Morgan fingerprint density at radius 3 is 1.78 bits per heavy atom. The molecule has 7 rings (SSSR count). The van der Waals surface area contributed by atoms with Crippen molar-refractivity contribution in [2.45, 2.75) is 33.1 Å². The Labute approximate surface area is 267 Å². The standard InChI is InChI=1S/C41H34O3S/c1-5-6-11-33-20-30-23-36-37(24-38(30)45-33)40(26-12-16-31(43-4)17-13-26)35-22-29-10-8-7-9-28(29)21-34(35)39(36)27-14-18-32(19-15-27)44-41(42)25(2)3/h7-10,12-24H,2,5-6,11H2,1,3-4H3. The highest BCUT2D eigenvalue weighted by Crippen LogP contribution is 2.47. The fourth-order valence-electron chi connectivity index (χ4n) is 6.24. The molecule has 0 amide bonds. The maximum absolute atomic E-state index is 12.2. The van der Waals surface area contributed by atoms with Crippen molar-refractivity contribution in [2.75, 3.05) is 7.11 Å². The number of methoxy groups -OCH3 is 1. The maximum Gasteiger partial charge on any atom is 0.338 e. The SMILES string of the molecule is C=C(C)C(=O)Oc1ccc(-c2c3cc4ccccc4cc3c(-c3ccc(OC)cc3)c3cc4sc(CCCC)cc4cc23)cc1. The van der Waals surface area contributed by atoms with Crippen molar-refractivity contribution in [3.05, 3.63) is 120 Å². The summed E-state index contributed by atoms with van der Waals surface area (Å²) in [6.07, 6.45) is 3.47. The molecule has 0 unspecified atom stereocenters. The monoisotopic (exact) mass is 606 g/mol. The van der Waals surface area contributed by atoms with Crippen LogP contribution in [0, 0.1) is 0 Å². The third kappa shape index (κ3) is 5.36. The Morgan fingerprint density at radius 1 is 0.711 bits per heavy atom. The normalized spacial score (nSPS) is 11.4. The van der Waals surface area contributed by atoms with Gasteiger partial charge in [-0.3, -0.25) is 0 Å². The van der Waals surface area contributed by atoms with Crippen LogP contribution in [0.5, 0.6) is 11.5 Å². The number of unbranched alkanes of at least 4 members (excludes halogenated alkanes) is 1. The number of thiophene rings is 1. The minimum atomic E-state index is -0.423. The van der Waals surface area contributed by atoms with Gasteiger partial charge in [-0.05, 0) is 134 Å². The number of aryl methyl sites for hydroxylation is 1. The first-order chi connectivity index (χ1) is 21.9. The van der Waals surface area contributed by atoms with Crippen LogP contribution in [0.4, 0.5) is 0 Å². The van der Waals surface area contributed by atoms with Crippen LogP contribution in [0.15, 0.2) is 115 Å². The fraction of sp³-hybridized carbons (Fsp3) is 0.146. The lowest BCUT2D eigenvalue weighted by Gasteiger charge is -2.19. The Bertz CT molecular complexity index is 2240. The zero-order valence-electron chi connectivity index (χ0n) is 25.8. The average Bonchev–Trinajstić information content (AvgIpc) is 3.46. The number of fused-ring (bicyclic) bond motifs is 4. The summed E-state index contributed by atoms with van der Waals surface area (Å²) < 4.78 is 12.4. The highest BCUT2D eigenvalue weighted by Gasteiger charge is 2.20. The second kappa shape index (κ2) is 11.9. The van der Waals surface area contributed by atoms with E-state index in [4.69, 9.17) is 9.47 Å². The predicted octanol–water partition coefficient (Wildman–Crippen LogP) is 11.5. The van der Waals surface area contributed by atoms with Gasteiger partial charge in [0.05, 0.1) is 7.11 Å². The second-order valence-corrected chi connectivity index (χ2v) is 12.8. The van der Waals surface area contributed by atoms with Gasteiger partial charge in [-0.15, -0.1) is 11.3 Å². The largest absolute Gasteiger partial charge is 0.497 e. The molecule has 0 aliphatic carbocycles. The zero-order valence-corrected chi connectivity index (χ0v) is 26.6. The van der Waals surface area contributed by atoms with Crippen molar-refractivity contribution in [3.63, 3.8) is 0 Å². The molecule has 0 atom stereocenters. The van der Waals surface area contributed by atoms with Crippen molar-refractivity contribution >= 4 is 59.7 Å². The number of esters is 1. The van der Waals surface area contributed by atoms with Gasteiger partial charge in [0.1, 0.15) is 11.5 Å². The first kappa shape index (κ1) is 28.8. The molecular formula is C41H34O3S. The maximum atomic E-state index is 12.2. The summed E-state index contributed by atoms with van der Waals surface area (Å²) in [5.41, 5.74) is 4.97. The van der Waals surface area contributed by atoms with E-state index in [0.29, 0.717) is 11.3 Å². The quantitative estimate of drug-likeness (QED) is 0.0747. The van der Waals surface area contributed by atoms with E-state index >= 15 is 0 Å². The van der Waals surface area contributed by atoms with Crippen LogP contribution in [-0.2, 0) is 11.2 Å². The number of ether oxygens (including phenoxy) is 2. The van der Waals surface area contributed by atoms with E-state index in [2.05, 4.69) is 92.4 Å². The molecule has 0 spiro atoms. The van der Waals surface area contributed by atoms with Gasteiger partial charge in [0, 0.05) is 15.2 Å². The average molecular weight is 607 g/mol. The fourth-order valence-corrected chi connectivity index (χ4v) is 7.36. The molecule has 7 aromatic rings. The van der Waals surface area contributed by atoms with E-state index in [1.165, 1.54) is 71.2 Å². The summed E-state index contributed by atoms with van der Waals surface area (Å²) in [7, 11) is 1.70. The molecule has 0 radical (unpaired) electrons. The van der Waals surface area contributed by atoms with Crippen LogP contribution in [0.1, 0.15) is 31.6 Å². The topological polar surface area (TPSA) is 35.5 Å². The van der Waals surface area contributed by atoms with Crippen LogP contribution in [0.25, 0.3) is 64.7 Å². The van der Waals surface area contributed by atoms with Crippen LogP contribution >= 0.6 is 11.3 Å².